The molecule has 3 fully saturated rings. The van der Waals surface area contributed by atoms with E-state index in [2.05, 4.69) is 0 Å². The van der Waals surface area contributed by atoms with Crippen molar-refractivity contribution in [1.29, 1.82) is 0 Å². The lowest BCUT2D eigenvalue weighted by Gasteiger charge is -2.26. The largest absolute Gasteiger partial charge is 0.480 e. The van der Waals surface area contributed by atoms with Crippen LogP contribution in [0.25, 0.3) is 0 Å². The average Bonchev–Trinajstić information content (AvgIpc) is 2.74. The maximum Gasteiger partial charge on any atom is 0.326 e. The second kappa shape index (κ2) is 3.45. The van der Waals surface area contributed by atoms with E-state index in [1.807, 2.05) is 0 Å². The van der Waals surface area contributed by atoms with E-state index in [4.69, 9.17) is 5.73 Å². The van der Waals surface area contributed by atoms with Gasteiger partial charge in [0.1, 0.15) is 6.04 Å². The zero-order valence-electron chi connectivity index (χ0n) is 9.76. The summed E-state index contributed by atoms with van der Waals surface area (Å²) in [5.41, 5.74) is 5.15. The first kappa shape index (κ1) is 11.0. The molecule has 3 atom stereocenters. The zero-order valence-corrected chi connectivity index (χ0v) is 9.76. The van der Waals surface area contributed by atoms with Gasteiger partial charge in [-0.1, -0.05) is 6.42 Å². The van der Waals surface area contributed by atoms with Crippen LogP contribution in [-0.2, 0) is 9.59 Å². The highest BCUT2D eigenvalue weighted by atomic mass is 16.4. The molecule has 0 aromatic heterocycles. The van der Waals surface area contributed by atoms with Crippen LogP contribution in [-0.4, -0.2) is 40.0 Å². The van der Waals surface area contributed by atoms with Gasteiger partial charge in [-0.25, -0.2) is 4.79 Å². The number of nitrogens with zero attached hydrogens (tertiary/aromatic N) is 1. The lowest BCUT2D eigenvalue weighted by atomic mass is 9.94. The summed E-state index contributed by atoms with van der Waals surface area (Å²) in [7, 11) is 0. The molecule has 1 amide bonds. The second-order valence-electron chi connectivity index (χ2n) is 5.75. The SMILES string of the molecule is NC1(C(=O)N2CC3CCCC3C2C(=O)O)CC1. The smallest absolute Gasteiger partial charge is 0.326 e. The molecule has 3 unspecified atom stereocenters. The molecule has 1 aliphatic heterocycles. The lowest BCUT2D eigenvalue weighted by molar-refractivity contribution is -0.150. The Morgan fingerprint density at radius 3 is 2.59 bits per heavy atom. The summed E-state index contributed by atoms with van der Waals surface area (Å²) in [4.78, 5) is 25.1. The summed E-state index contributed by atoms with van der Waals surface area (Å²) in [5, 5.41) is 9.33. The molecule has 2 aliphatic carbocycles. The lowest BCUT2D eigenvalue weighted by Crippen LogP contribution is -2.51. The molecule has 1 saturated heterocycles. The third-order valence-electron chi connectivity index (χ3n) is 4.62. The molecular formula is C12H18N2O3. The van der Waals surface area contributed by atoms with Crippen molar-refractivity contribution in [2.75, 3.05) is 6.54 Å². The molecule has 2 saturated carbocycles. The maximum atomic E-state index is 12.2. The van der Waals surface area contributed by atoms with E-state index >= 15 is 0 Å². The predicted molar refractivity (Wildman–Crippen MR) is 60.1 cm³/mol. The number of carbonyl (C=O) groups is 2. The van der Waals surface area contributed by atoms with Gasteiger partial charge in [0, 0.05) is 6.54 Å². The number of aliphatic carboxylic acids is 1. The van der Waals surface area contributed by atoms with E-state index in [0.717, 1.165) is 19.3 Å². The summed E-state index contributed by atoms with van der Waals surface area (Å²) in [6, 6.07) is -0.629. The van der Waals surface area contributed by atoms with E-state index in [1.165, 1.54) is 0 Å². The third kappa shape index (κ3) is 1.56. The Morgan fingerprint density at radius 1 is 1.29 bits per heavy atom. The third-order valence-corrected chi connectivity index (χ3v) is 4.62. The highest BCUT2D eigenvalue weighted by molar-refractivity contribution is 5.93. The summed E-state index contributed by atoms with van der Waals surface area (Å²) < 4.78 is 0. The molecule has 5 heteroatoms. The molecule has 3 rings (SSSR count). The van der Waals surface area contributed by atoms with Crippen molar-refractivity contribution in [2.45, 2.75) is 43.7 Å². The minimum Gasteiger partial charge on any atom is -0.480 e. The Hall–Kier alpha value is -1.10. The van der Waals surface area contributed by atoms with Crippen molar-refractivity contribution in [3.8, 4) is 0 Å². The van der Waals surface area contributed by atoms with Gasteiger partial charge in [0.25, 0.3) is 0 Å². The minimum absolute atomic E-state index is 0.140. The van der Waals surface area contributed by atoms with Gasteiger partial charge in [-0.2, -0.15) is 0 Å². The monoisotopic (exact) mass is 238 g/mol. The van der Waals surface area contributed by atoms with Gasteiger partial charge < -0.3 is 15.7 Å². The van der Waals surface area contributed by atoms with Gasteiger partial charge in [-0.3, -0.25) is 4.79 Å². The van der Waals surface area contributed by atoms with E-state index in [0.29, 0.717) is 25.3 Å². The number of amides is 1. The van der Waals surface area contributed by atoms with Gasteiger partial charge >= 0.3 is 5.97 Å². The normalized spacial score (nSPS) is 37.9. The van der Waals surface area contributed by atoms with Crippen LogP contribution in [0.5, 0.6) is 0 Å². The molecular weight excluding hydrogens is 220 g/mol. The fourth-order valence-electron chi connectivity index (χ4n) is 3.47. The molecule has 0 radical (unpaired) electrons. The van der Waals surface area contributed by atoms with Gasteiger partial charge in [0.15, 0.2) is 0 Å². The number of likely N-dealkylation sites (tertiary alicyclic amines) is 1. The van der Waals surface area contributed by atoms with E-state index in [-0.39, 0.29) is 11.8 Å². The number of carbonyl (C=O) groups excluding carboxylic acids is 1. The molecule has 17 heavy (non-hydrogen) atoms. The van der Waals surface area contributed by atoms with Crippen molar-refractivity contribution in [1.82, 2.24) is 4.90 Å². The topological polar surface area (TPSA) is 83.6 Å². The Morgan fingerprint density at radius 2 is 2.00 bits per heavy atom. The standard InChI is InChI=1S/C12H18N2O3/c13-12(4-5-12)11(17)14-6-7-2-1-3-8(7)9(14)10(15)16/h7-9H,1-6,13H2,(H,15,16). The second-order valence-corrected chi connectivity index (χ2v) is 5.75. The number of nitrogens with two attached hydrogens (primary N) is 1. The highest BCUT2D eigenvalue weighted by Gasteiger charge is 2.56. The molecule has 0 aromatic rings. The number of hydrogen-bond donors (Lipinski definition) is 2. The quantitative estimate of drug-likeness (QED) is 0.719. The molecule has 0 spiro atoms. The number of hydrogen-bond acceptors (Lipinski definition) is 3. The van der Waals surface area contributed by atoms with Gasteiger partial charge in [-0.15, -0.1) is 0 Å². The Kier molecular flexibility index (Phi) is 2.23. The van der Waals surface area contributed by atoms with Crippen LogP contribution in [0.1, 0.15) is 32.1 Å². The van der Waals surface area contributed by atoms with Crippen molar-refractivity contribution in [3.63, 3.8) is 0 Å². The van der Waals surface area contributed by atoms with Gasteiger partial charge in [0.05, 0.1) is 5.54 Å². The van der Waals surface area contributed by atoms with Gasteiger partial charge in [-0.05, 0) is 37.5 Å². The highest BCUT2D eigenvalue weighted by Crippen LogP contribution is 2.45. The number of fused-ring (bicyclic) bond motifs is 1. The zero-order chi connectivity index (χ0) is 12.2. The summed E-state index contributed by atoms with van der Waals surface area (Å²) in [6.07, 6.45) is 4.47. The average molecular weight is 238 g/mol. The van der Waals surface area contributed by atoms with E-state index in [9.17, 15) is 14.7 Å². The predicted octanol–water partition coefficient (Wildman–Crippen LogP) is 0.189. The van der Waals surface area contributed by atoms with E-state index in [1.54, 1.807) is 4.90 Å². The molecule has 0 bridgehead atoms. The van der Waals surface area contributed by atoms with Crippen LogP contribution < -0.4 is 5.73 Å². The van der Waals surface area contributed by atoms with Crippen LogP contribution in [0, 0.1) is 11.8 Å². The summed E-state index contributed by atoms with van der Waals surface area (Å²) in [6.45, 7) is 0.597. The number of carboxylic acid groups (broad SMARTS) is 1. The molecule has 94 valence electrons. The van der Waals surface area contributed by atoms with Crippen LogP contribution in [0.3, 0.4) is 0 Å². The molecule has 5 nitrogen and oxygen atoms in total. The first-order chi connectivity index (χ1) is 8.03. The van der Waals surface area contributed by atoms with Gasteiger partial charge in [0.2, 0.25) is 5.91 Å². The van der Waals surface area contributed by atoms with Crippen LogP contribution >= 0.6 is 0 Å². The van der Waals surface area contributed by atoms with Crippen LogP contribution in [0.15, 0.2) is 0 Å². The molecule has 3 N–H and O–H groups in total. The van der Waals surface area contributed by atoms with Crippen LogP contribution in [0.4, 0.5) is 0 Å². The Balaban J connectivity index is 1.84. The molecule has 3 aliphatic rings. The van der Waals surface area contributed by atoms with Crippen molar-refractivity contribution < 1.29 is 14.7 Å². The summed E-state index contributed by atoms with van der Waals surface area (Å²) >= 11 is 0. The summed E-state index contributed by atoms with van der Waals surface area (Å²) in [5.74, 6) is -0.475. The minimum atomic E-state index is -0.864. The fourth-order valence-corrected chi connectivity index (χ4v) is 3.47. The van der Waals surface area contributed by atoms with Crippen molar-refractivity contribution in [2.24, 2.45) is 17.6 Å². The number of carboxylic acids is 1. The molecule has 1 heterocycles. The van der Waals surface area contributed by atoms with Crippen molar-refractivity contribution >= 4 is 11.9 Å². The Labute approximate surface area is 100.0 Å². The number of rotatable bonds is 2. The van der Waals surface area contributed by atoms with Crippen LogP contribution in [0.2, 0.25) is 0 Å². The first-order valence-corrected chi connectivity index (χ1v) is 6.36. The molecule has 0 aromatic carbocycles. The Bertz CT molecular complexity index is 378. The van der Waals surface area contributed by atoms with E-state index < -0.39 is 17.6 Å². The maximum absolute atomic E-state index is 12.2. The van der Waals surface area contributed by atoms with Crippen molar-refractivity contribution in [3.05, 3.63) is 0 Å². The fraction of sp³-hybridized carbons (Fsp3) is 0.833. The first-order valence-electron chi connectivity index (χ1n) is 6.36.